The zero-order valence-corrected chi connectivity index (χ0v) is 19.0. The molecule has 0 aliphatic carbocycles. The Balaban J connectivity index is 1.41. The zero-order valence-electron chi connectivity index (χ0n) is 19.0. The fourth-order valence-electron chi connectivity index (χ4n) is 3.80. The van der Waals surface area contributed by atoms with E-state index in [9.17, 15) is 4.79 Å². The first-order valence-electron chi connectivity index (χ1n) is 11.3. The third-order valence-electron chi connectivity index (χ3n) is 5.42. The van der Waals surface area contributed by atoms with Crippen LogP contribution in [0, 0.1) is 0 Å². The first kappa shape index (κ1) is 22.4. The summed E-state index contributed by atoms with van der Waals surface area (Å²) in [5, 5.41) is 2.87. The van der Waals surface area contributed by atoms with Crippen molar-refractivity contribution in [2.45, 2.75) is 13.8 Å². The van der Waals surface area contributed by atoms with Crippen LogP contribution in [0.3, 0.4) is 0 Å². The summed E-state index contributed by atoms with van der Waals surface area (Å²) in [6.45, 7) is 8.30. The van der Waals surface area contributed by atoms with Crippen molar-refractivity contribution in [1.82, 2.24) is 9.97 Å². The predicted octanol–water partition coefficient (Wildman–Crippen LogP) is 3.85. The molecule has 1 aliphatic rings. The average molecular weight is 448 g/mol. The molecule has 0 atom stereocenters. The van der Waals surface area contributed by atoms with E-state index in [-0.39, 0.29) is 5.91 Å². The van der Waals surface area contributed by atoms with Gasteiger partial charge in [-0.3, -0.25) is 4.79 Å². The average Bonchev–Trinajstić information content (AvgIpc) is 2.86. The van der Waals surface area contributed by atoms with Gasteiger partial charge in [0.2, 0.25) is 0 Å². The van der Waals surface area contributed by atoms with Gasteiger partial charge in [-0.1, -0.05) is 18.2 Å². The Labute approximate surface area is 194 Å². The lowest BCUT2D eigenvalue weighted by Crippen LogP contribution is -2.46. The number of para-hydroxylation sites is 1. The molecule has 3 aromatic rings. The number of hydrogen-bond donors (Lipinski definition) is 1. The number of hydrogen-bond acceptors (Lipinski definition) is 7. The number of carbonyl (C=O) groups excluding carboxylic acids is 1. The topological polar surface area (TPSA) is 79.8 Å². The van der Waals surface area contributed by atoms with Crippen molar-refractivity contribution in [3.8, 4) is 11.5 Å². The fraction of sp³-hybridized carbons (Fsp3) is 0.320. The molecular weight excluding hydrogens is 418 g/mol. The van der Waals surface area contributed by atoms with Crippen LogP contribution in [-0.2, 0) is 0 Å². The van der Waals surface area contributed by atoms with Gasteiger partial charge in [0.15, 0.2) is 11.5 Å². The van der Waals surface area contributed by atoms with E-state index in [2.05, 4.69) is 49.4 Å². The molecule has 1 amide bonds. The number of rotatable bonds is 8. The fourth-order valence-corrected chi connectivity index (χ4v) is 3.80. The van der Waals surface area contributed by atoms with Gasteiger partial charge < -0.3 is 24.6 Å². The van der Waals surface area contributed by atoms with Crippen LogP contribution in [-0.4, -0.2) is 55.3 Å². The Morgan fingerprint density at radius 3 is 2.30 bits per heavy atom. The SMILES string of the molecule is CCOc1ccc(C(=O)Nc2cc(N3CCN(c4ccccc4)CC3)ncn2)cc1OCC. The molecule has 1 aliphatic heterocycles. The van der Waals surface area contributed by atoms with E-state index < -0.39 is 0 Å². The van der Waals surface area contributed by atoms with Gasteiger partial charge in [0.1, 0.15) is 18.0 Å². The highest BCUT2D eigenvalue weighted by molar-refractivity contribution is 6.04. The summed E-state index contributed by atoms with van der Waals surface area (Å²) in [5.74, 6) is 2.16. The third-order valence-corrected chi connectivity index (χ3v) is 5.42. The van der Waals surface area contributed by atoms with Crippen molar-refractivity contribution >= 4 is 23.2 Å². The van der Waals surface area contributed by atoms with E-state index in [0.717, 1.165) is 32.0 Å². The van der Waals surface area contributed by atoms with Gasteiger partial charge in [0.05, 0.1) is 13.2 Å². The van der Waals surface area contributed by atoms with E-state index >= 15 is 0 Å². The van der Waals surface area contributed by atoms with E-state index in [1.54, 1.807) is 18.2 Å². The number of ether oxygens (including phenoxy) is 2. The highest BCUT2D eigenvalue weighted by atomic mass is 16.5. The van der Waals surface area contributed by atoms with E-state index in [1.807, 2.05) is 26.0 Å². The van der Waals surface area contributed by atoms with Crippen LogP contribution in [0.4, 0.5) is 17.3 Å². The highest BCUT2D eigenvalue weighted by Crippen LogP contribution is 2.29. The molecule has 0 spiro atoms. The minimum Gasteiger partial charge on any atom is -0.490 e. The maximum Gasteiger partial charge on any atom is 0.256 e. The molecule has 0 bridgehead atoms. The number of anilines is 3. The number of amides is 1. The van der Waals surface area contributed by atoms with Crippen molar-refractivity contribution in [3.63, 3.8) is 0 Å². The summed E-state index contributed by atoms with van der Waals surface area (Å²) in [6.07, 6.45) is 1.48. The van der Waals surface area contributed by atoms with E-state index in [0.29, 0.717) is 36.1 Å². The van der Waals surface area contributed by atoms with Crippen molar-refractivity contribution in [2.75, 3.05) is 54.5 Å². The Bertz CT molecular complexity index is 1070. The van der Waals surface area contributed by atoms with E-state index in [1.165, 1.54) is 12.0 Å². The van der Waals surface area contributed by atoms with Gasteiger partial charge in [-0.25, -0.2) is 9.97 Å². The number of nitrogens with zero attached hydrogens (tertiary/aromatic N) is 4. The van der Waals surface area contributed by atoms with E-state index in [4.69, 9.17) is 9.47 Å². The molecule has 4 rings (SSSR count). The number of benzene rings is 2. The molecule has 2 heterocycles. The number of aromatic nitrogens is 2. The van der Waals surface area contributed by atoms with Gasteiger partial charge in [0.25, 0.3) is 5.91 Å². The number of piperazine rings is 1. The number of carbonyl (C=O) groups is 1. The second kappa shape index (κ2) is 10.7. The Hall–Kier alpha value is -3.81. The lowest BCUT2D eigenvalue weighted by atomic mass is 10.2. The summed E-state index contributed by atoms with van der Waals surface area (Å²) in [5.41, 5.74) is 1.70. The van der Waals surface area contributed by atoms with Crippen LogP contribution in [0.15, 0.2) is 60.9 Å². The summed E-state index contributed by atoms with van der Waals surface area (Å²) in [6, 6.07) is 17.4. The molecule has 0 saturated carbocycles. The Kier molecular flexibility index (Phi) is 7.24. The molecule has 1 N–H and O–H groups in total. The van der Waals surface area contributed by atoms with Crippen LogP contribution < -0.4 is 24.6 Å². The minimum absolute atomic E-state index is 0.266. The Morgan fingerprint density at radius 1 is 0.879 bits per heavy atom. The molecule has 2 aromatic carbocycles. The smallest absolute Gasteiger partial charge is 0.256 e. The minimum atomic E-state index is -0.266. The molecular formula is C25H29N5O3. The molecule has 8 heteroatoms. The first-order chi connectivity index (χ1) is 16.2. The first-order valence-corrected chi connectivity index (χ1v) is 11.3. The quantitative estimate of drug-likeness (QED) is 0.562. The van der Waals surface area contributed by atoms with Gasteiger partial charge in [-0.2, -0.15) is 0 Å². The van der Waals surface area contributed by atoms with Crippen molar-refractivity contribution < 1.29 is 14.3 Å². The second-order valence-electron chi connectivity index (χ2n) is 7.55. The van der Waals surface area contributed by atoms with Gasteiger partial charge in [-0.05, 0) is 44.2 Å². The largest absolute Gasteiger partial charge is 0.490 e. The highest BCUT2D eigenvalue weighted by Gasteiger charge is 2.19. The Morgan fingerprint density at radius 2 is 1.58 bits per heavy atom. The lowest BCUT2D eigenvalue weighted by Gasteiger charge is -2.36. The van der Waals surface area contributed by atoms with Crippen LogP contribution in [0.5, 0.6) is 11.5 Å². The monoisotopic (exact) mass is 447 g/mol. The maximum atomic E-state index is 12.8. The maximum absolute atomic E-state index is 12.8. The van der Waals surface area contributed by atoms with Gasteiger partial charge >= 0.3 is 0 Å². The standard InChI is InChI=1S/C25H29N5O3/c1-3-32-21-11-10-19(16-22(21)33-4-2)25(31)28-23-17-24(27-18-26-23)30-14-12-29(13-15-30)20-8-6-5-7-9-20/h5-11,16-18H,3-4,12-15H2,1-2H3,(H,26,27,28,31). The molecule has 172 valence electrons. The van der Waals surface area contributed by atoms with Gasteiger partial charge in [0, 0.05) is 43.5 Å². The van der Waals surface area contributed by atoms with Crippen molar-refractivity contribution in [1.29, 1.82) is 0 Å². The third kappa shape index (κ3) is 5.52. The summed E-state index contributed by atoms with van der Waals surface area (Å²) < 4.78 is 11.2. The molecule has 33 heavy (non-hydrogen) atoms. The molecule has 8 nitrogen and oxygen atoms in total. The van der Waals surface area contributed by atoms with Crippen molar-refractivity contribution in [2.24, 2.45) is 0 Å². The van der Waals surface area contributed by atoms with Crippen LogP contribution in [0.25, 0.3) is 0 Å². The van der Waals surface area contributed by atoms with Crippen molar-refractivity contribution in [3.05, 3.63) is 66.5 Å². The molecule has 1 saturated heterocycles. The predicted molar refractivity (Wildman–Crippen MR) is 130 cm³/mol. The lowest BCUT2D eigenvalue weighted by molar-refractivity contribution is 0.102. The second-order valence-corrected chi connectivity index (χ2v) is 7.55. The number of nitrogens with one attached hydrogen (secondary N) is 1. The zero-order chi connectivity index (χ0) is 23.0. The van der Waals surface area contributed by atoms with Crippen LogP contribution in [0.1, 0.15) is 24.2 Å². The van der Waals surface area contributed by atoms with Gasteiger partial charge in [-0.15, -0.1) is 0 Å². The normalized spacial score (nSPS) is 13.5. The van der Waals surface area contributed by atoms with Crippen LogP contribution >= 0.6 is 0 Å². The summed E-state index contributed by atoms with van der Waals surface area (Å²) in [4.78, 5) is 26.1. The molecule has 1 fully saturated rings. The molecule has 0 unspecified atom stereocenters. The summed E-state index contributed by atoms with van der Waals surface area (Å²) in [7, 11) is 0. The molecule has 0 radical (unpaired) electrons. The summed E-state index contributed by atoms with van der Waals surface area (Å²) >= 11 is 0. The molecule has 1 aromatic heterocycles. The van der Waals surface area contributed by atoms with Crippen LogP contribution in [0.2, 0.25) is 0 Å².